The molecule has 0 saturated carbocycles. The Morgan fingerprint density at radius 2 is 2.03 bits per heavy atom. The minimum atomic E-state index is -0.455. The summed E-state index contributed by atoms with van der Waals surface area (Å²) in [4.78, 5) is 40.5. The van der Waals surface area contributed by atoms with Gasteiger partial charge < -0.3 is 25.5 Å². The number of carbonyl (C=O) groups excluding carboxylic acids is 2. The zero-order chi connectivity index (χ0) is 22.1. The van der Waals surface area contributed by atoms with Crippen LogP contribution in [0.3, 0.4) is 0 Å². The fourth-order valence-electron chi connectivity index (χ4n) is 4.03. The first kappa shape index (κ1) is 20.2. The van der Waals surface area contributed by atoms with Gasteiger partial charge in [-0.2, -0.15) is 0 Å². The van der Waals surface area contributed by atoms with Gasteiger partial charge in [0, 0.05) is 11.8 Å². The fourth-order valence-corrected chi connectivity index (χ4v) is 4.03. The molecule has 3 aromatic rings. The van der Waals surface area contributed by atoms with Gasteiger partial charge in [-0.1, -0.05) is 18.0 Å². The van der Waals surface area contributed by atoms with E-state index in [0.29, 0.717) is 23.0 Å². The molecule has 0 fully saturated rings. The lowest BCUT2D eigenvalue weighted by Crippen LogP contribution is -2.33. The van der Waals surface area contributed by atoms with E-state index in [1.807, 2.05) is 0 Å². The van der Waals surface area contributed by atoms with Crippen LogP contribution in [0.2, 0.25) is 0 Å². The number of hydrogen-bond acceptors (Lipinski definition) is 8. The molecule has 32 heavy (non-hydrogen) atoms. The van der Waals surface area contributed by atoms with Crippen LogP contribution in [-0.2, 0) is 17.6 Å². The molecule has 2 amide bonds. The molecule has 0 unspecified atom stereocenters. The third kappa shape index (κ3) is 3.93. The molecule has 11 heteroatoms. The first-order valence-electron chi connectivity index (χ1n) is 10.8. The van der Waals surface area contributed by atoms with Gasteiger partial charge in [-0.15, -0.1) is 0 Å². The number of H-pyrrole nitrogens is 1. The highest BCUT2D eigenvalue weighted by Crippen LogP contribution is 2.27. The molecule has 0 saturated heterocycles. The highest BCUT2D eigenvalue weighted by atomic mass is 16.5. The number of carbonyl (C=O) groups is 2. The lowest BCUT2D eigenvalue weighted by Gasteiger charge is -2.19. The summed E-state index contributed by atoms with van der Waals surface area (Å²) >= 11 is 0. The number of nitrogens with zero attached hydrogens (tertiary/aromatic N) is 4. The number of hydrogen-bond donors (Lipinski definition) is 4. The Morgan fingerprint density at radius 3 is 2.91 bits per heavy atom. The van der Waals surface area contributed by atoms with Crippen molar-refractivity contribution in [2.75, 3.05) is 17.2 Å². The highest BCUT2D eigenvalue weighted by molar-refractivity contribution is 6.06. The van der Waals surface area contributed by atoms with Crippen molar-refractivity contribution in [3.63, 3.8) is 0 Å². The molecule has 0 radical (unpaired) electrons. The molecule has 4 N–H and O–H groups in total. The number of fused-ring (bicyclic) bond motifs is 2. The van der Waals surface area contributed by atoms with Crippen molar-refractivity contribution in [3.05, 3.63) is 35.2 Å². The Kier molecular flexibility index (Phi) is 5.29. The molecule has 3 aromatic heterocycles. The topological polar surface area (TPSA) is 151 Å². The van der Waals surface area contributed by atoms with Crippen LogP contribution in [0.1, 0.15) is 66.3 Å². The second-order valence-corrected chi connectivity index (χ2v) is 8.08. The lowest BCUT2D eigenvalue weighted by molar-refractivity contribution is -0.114. The fraction of sp³-hybridized carbons (Fsp3) is 0.429. The first-order valence-corrected chi connectivity index (χ1v) is 10.8. The molecule has 4 heterocycles. The highest BCUT2D eigenvalue weighted by Gasteiger charge is 2.25. The molecule has 5 rings (SSSR count). The number of nitrogens with one attached hydrogen (secondary N) is 4. The van der Waals surface area contributed by atoms with Crippen LogP contribution in [0.5, 0.6) is 0 Å². The van der Waals surface area contributed by atoms with Gasteiger partial charge in [-0.05, 0) is 32.6 Å². The number of aromatic nitrogens is 5. The van der Waals surface area contributed by atoms with Gasteiger partial charge in [0.1, 0.15) is 17.7 Å². The summed E-state index contributed by atoms with van der Waals surface area (Å²) < 4.78 is 5.50. The molecular weight excluding hydrogens is 412 g/mol. The second kappa shape index (κ2) is 8.40. The lowest BCUT2D eigenvalue weighted by atomic mass is 10.0. The summed E-state index contributed by atoms with van der Waals surface area (Å²) in [7, 11) is 0. The second-order valence-electron chi connectivity index (χ2n) is 8.08. The van der Waals surface area contributed by atoms with Gasteiger partial charge in [0.25, 0.3) is 5.91 Å². The maximum Gasteiger partial charge on any atom is 0.272 e. The molecule has 1 atom stereocenters. The molecule has 1 aliphatic heterocycles. The number of imidazole rings is 1. The normalized spacial score (nSPS) is 16.6. The van der Waals surface area contributed by atoms with Gasteiger partial charge in [0.05, 0.1) is 18.3 Å². The van der Waals surface area contributed by atoms with Crippen LogP contribution < -0.4 is 16.0 Å². The summed E-state index contributed by atoms with van der Waals surface area (Å²) in [5, 5.41) is 12.5. The Labute approximate surface area is 183 Å². The van der Waals surface area contributed by atoms with Crippen molar-refractivity contribution in [2.24, 2.45) is 0 Å². The average Bonchev–Trinajstić information content (AvgIpc) is 3.40. The van der Waals surface area contributed by atoms with Crippen LogP contribution in [0.15, 0.2) is 16.9 Å². The number of rotatable bonds is 4. The van der Waals surface area contributed by atoms with Crippen molar-refractivity contribution in [1.29, 1.82) is 0 Å². The van der Waals surface area contributed by atoms with Crippen LogP contribution in [-0.4, -0.2) is 43.5 Å². The van der Waals surface area contributed by atoms with E-state index in [9.17, 15) is 9.59 Å². The van der Waals surface area contributed by atoms with E-state index >= 15 is 0 Å². The third-order valence-electron chi connectivity index (χ3n) is 5.75. The monoisotopic (exact) mass is 436 g/mol. The standard InChI is InChI=1S/C21H24N8O3/c1-11(25-21(31)18-17-20(24-10-23-18)28-16(30)9-22-17)15-8-14(29-32-15)19-26-12-6-4-2-3-5-7-13(12)27-19/h8,10-11,22H,2-7,9H2,1H3,(H,25,31)(H,26,27)(H,23,24,28,30)/t11-/m1/s1. The summed E-state index contributed by atoms with van der Waals surface area (Å²) in [6, 6.07) is 1.33. The van der Waals surface area contributed by atoms with Crippen molar-refractivity contribution >= 4 is 23.3 Å². The molecule has 0 aromatic carbocycles. The Balaban J connectivity index is 1.31. The van der Waals surface area contributed by atoms with E-state index in [4.69, 9.17) is 9.51 Å². The van der Waals surface area contributed by atoms with Gasteiger partial charge in [0.15, 0.2) is 23.1 Å². The van der Waals surface area contributed by atoms with Gasteiger partial charge in [-0.25, -0.2) is 15.0 Å². The van der Waals surface area contributed by atoms with Crippen molar-refractivity contribution < 1.29 is 14.1 Å². The van der Waals surface area contributed by atoms with Crippen LogP contribution in [0.25, 0.3) is 11.5 Å². The van der Waals surface area contributed by atoms with Gasteiger partial charge in [-0.3, -0.25) is 9.59 Å². The van der Waals surface area contributed by atoms with E-state index in [-0.39, 0.29) is 24.0 Å². The van der Waals surface area contributed by atoms with Crippen LogP contribution in [0.4, 0.5) is 11.5 Å². The van der Waals surface area contributed by atoms with Crippen LogP contribution in [0, 0.1) is 0 Å². The van der Waals surface area contributed by atoms with E-state index in [2.05, 4.69) is 36.1 Å². The van der Waals surface area contributed by atoms with Crippen molar-refractivity contribution in [3.8, 4) is 11.5 Å². The zero-order valence-corrected chi connectivity index (χ0v) is 17.7. The summed E-state index contributed by atoms with van der Waals surface area (Å²) in [5.74, 6) is 0.829. The Hall–Kier alpha value is -3.76. The molecule has 11 nitrogen and oxygen atoms in total. The van der Waals surface area contributed by atoms with E-state index in [1.165, 1.54) is 24.9 Å². The minimum Gasteiger partial charge on any atom is -0.371 e. The number of amides is 2. The Morgan fingerprint density at radius 1 is 1.19 bits per heavy atom. The quantitative estimate of drug-likeness (QED) is 0.487. The van der Waals surface area contributed by atoms with E-state index < -0.39 is 11.9 Å². The predicted molar refractivity (Wildman–Crippen MR) is 115 cm³/mol. The minimum absolute atomic E-state index is 0.0504. The maximum absolute atomic E-state index is 12.8. The van der Waals surface area contributed by atoms with Gasteiger partial charge in [0.2, 0.25) is 5.91 Å². The smallest absolute Gasteiger partial charge is 0.272 e. The number of aromatic amines is 1. The summed E-state index contributed by atoms with van der Waals surface area (Å²) in [5.41, 5.74) is 3.43. The summed E-state index contributed by atoms with van der Waals surface area (Å²) in [6.45, 7) is 1.85. The van der Waals surface area contributed by atoms with Crippen molar-refractivity contribution in [2.45, 2.75) is 51.5 Å². The third-order valence-corrected chi connectivity index (χ3v) is 5.75. The van der Waals surface area contributed by atoms with Gasteiger partial charge >= 0.3 is 0 Å². The average molecular weight is 436 g/mol. The molecule has 166 valence electrons. The predicted octanol–water partition coefficient (Wildman–Crippen LogP) is 2.37. The number of anilines is 2. The molecule has 1 aliphatic carbocycles. The first-order chi connectivity index (χ1) is 15.6. The molecular formula is C21H24N8O3. The largest absolute Gasteiger partial charge is 0.371 e. The summed E-state index contributed by atoms with van der Waals surface area (Å²) in [6.07, 6.45) is 8.00. The Bertz CT molecular complexity index is 1140. The SMILES string of the molecule is C[C@@H](NC(=O)c1ncnc2c1NCC(=O)N2)c1cc(-c2nc3c([nH]2)CCCCCC3)no1. The van der Waals surface area contributed by atoms with Crippen molar-refractivity contribution in [1.82, 2.24) is 30.4 Å². The number of aryl methyl sites for hydroxylation is 2. The zero-order valence-electron chi connectivity index (χ0n) is 17.7. The molecule has 0 bridgehead atoms. The van der Waals surface area contributed by atoms with E-state index in [0.717, 1.165) is 31.4 Å². The molecule has 2 aliphatic rings. The van der Waals surface area contributed by atoms with E-state index in [1.54, 1.807) is 13.0 Å². The molecule has 0 spiro atoms. The maximum atomic E-state index is 12.8. The van der Waals surface area contributed by atoms with Crippen LogP contribution >= 0.6 is 0 Å².